The summed E-state index contributed by atoms with van der Waals surface area (Å²) >= 11 is 12.0. The van der Waals surface area contributed by atoms with Crippen LogP contribution >= 0.6 is 23.2 Å². The van der Waals surface area contributed by atoms with Crippen molar-refractivity contribution in [2.75, 3.05) is 0 Å². The molecule has 0 aliphatic heterocycles. The van der Waals surface area contributed by atoms with Gasteiger partial charge in [0.25, 0.3) is 0 Å². The Morgan fingerprint density at radius 1 is 0.762 bits per heavy atom. The molecule has 106 valence electrons. The second kappa shape index (κ2) is 5.73. The van der Waals surface area contributed by atoms with Gasteiger partial charge in [0, 0.05) is 15.6 Å². The van der Waals surface area contributed by atoms with Gasteiger partial charge in [-0.2, -0.15) is 0 Å². The van der Waals surface area contributed by atoms with Gasteiger partial charge in [0.1, 0.15) is 0 Å². The van der Waals surface area contributed by atoms with Gasteiger partial charge in [-0.1, -0.05) is 61.3 Å². The number of hydrogen-bond donors (Lipinski definition) is 0. The smallest absolute Gasteiger partial charge is 0.0406 e. The molecule has 21 heavy (non-hydrogen) atoms. The first kappa shape index (κ1) is 14.5. The van der Waals surface area contributed by atoms with Gasteiger partial charge in [0.05, 0.1) is 0 Å². The van der Waals surface area contributed by atoms with Crippen LogP contribution in [0.25, 0.3) is 5.57 Å². The topological polar surface area (TPSA) is 0 Å². The van der Waals surface area contributed by atoms with Crippen molar-refractivity contribution in [1.29, 1.82) is 0 Å². The van der Waals surface area contributed by atoms with Crippen LogP contribution in [0.2, 0.25) is 10.0 Å². The lowest BCUT2D eigenvalue weighted by Gasteiger charge is -2.06. The van der Waals surface area contributed by atoms with Crippen molar-refractivity contribution < 1.29 is 0 Å². The zero-order valence-electron chi connectivity index (χ0n) is 12.0. The van der Waals surface area contributed by atoms with E-state index in [0.29, 0.717) is 11.8 Å². The lowest BCUT2D eigenvalue weighted by atomic mass is 9.98. The molecule has 1 saturated carbocycles. The Balaban J connectivity index is 2.14. The fourth-order valence-electron chi connectivity index (χ4n) is 2.48. The molecule has 0 bridgehead atoms. The van der Waals surface area contributed by atoms with Crippen LogP contribution < -0.4 is 0 Å². The molecule has 0 heterocycles. The zero-order chi connectivity index (χ0) is 15.0. The van der Waals surface area contributed by atoms with Crippen LogP contribution in [0.1, 0.15) is 25.0 Å². The summed E-state index contributed by atoms with van der Waals surface area (Å²) in [6.45, 7) is 4.49. The third kappa shape index (κ3) is 3.09. The minimum Gasteiger partial charge on any atom is -0.112 e. The summed E-state index contributed by atoms with van der Waals surface area (Å²) in [5, 5.41) is 1.49. The van der Waals surface area contributed by atoms with E-state index in [1.807, 2.05) is 48.5 Å². The highest BCUT2D eigenvalue weighted by Gasteiger charge is 2.35. The molecule has 3 rings (SSSR count). The lowest BCUT2D eigenvalue weighted by Crippen LogP contribution is -1.86. The lowest BCUT2D eigenvalue weighted by molar-refractivity contribution is 0.834. The highest BCUT2D eigenvalue weighted by atomic mass is 35.5. The van der Waals surface area contributed by atoms with E-state index in [-0.39, 0.29) is 0 Å². The van der Waals surface area contributed by atoms with E-state index in [4.69, 9.17) is 23.2 Å². The molecule has 0 amide bonds. The average Bonchev–Trinajstić information content (AvgIpc) is 3.05. The normalized spacial score (nSPS) is 20.1. The number of allylic oxidation sites excluding steroid dienone is 1. The van der Waals surface area contributed by atoms with E-state index in [9.17, 15) is 0 Å². The van der Waals surface area contributed by atoms with Crippen LogP contribution in [0.4, 0.5) is 0 Å². The molecule has 0 aromatic heterocycles. The predicted octanol–water partition coefficient (Wildman–Crippen LogP) is 6.24. The van der Waals surface area contributed by atoms with Gasteiger partial charge < -0.3 is 0 Å². The van der Waals surface area contributed by atoms with E-state index in [1.54, 1.807) is 0 Å². The Kier molecular flexibility index (Phi) is 3.95. The maximum absolute atomic E-state index is 6.00. The Labute approximate surface area is 135 Å². The van der Waals surface area contributed by atoms with Gasteiger partial charge in [-0.3, -0.25) is 0 Å². The van der Waals surface area contributed by atoms with Gasteiger partial charge in [0.2, 0.25) is 0 Å². The predicted molar refractivity (Wildman–Crippen MR) is 90.8 cm³/mol. The first-order valence-electron chi connectivity index (χ1n) is 7.09. The van der Waals surface area contributed by atoms with Crippen molar-refractivity contribution in [2.24, 2.45) is 11.8 Å². The second-order valence-electron chi connectivity index (χ2n) is 5.55. The van der Waals surface area contributed by atoms with Crippen LogP contribution in [0.5, 0.6) is 0 Å². The van der Waals surface area contributed by atoms with Gasteiger partial charge >= 0.3 is 0 Å². The summed E-state index contributed by atoms with van der Waals surface area (Å²) in [5.74, 6) is 1.25. The summed E-state index contributed by atoms with van der Waals surface area (Å²) in [6, 6.07) is 15.8. The van der Waals surface area contributed by atoms with Crippen LogP contribution in [0.3, 0.4) is 0 Å². The third-order valence-electron chi connectivity index (χ3n) is 4.16. The molecular weight excluding hydrogens is 299 g/mol. The zero-order valence-corrected chi connectivity index (χ0v) is 13.5. The maximum Gasteiger partial charge on any atom is 0.0406 e. The number of hydrogen-bond acceptors (Lipinski definition) is 0. The average molecular weight is 315 g/mol. The van der Waals surface area contributed by atoms with Crippen LogP contribution in [-0.4, -0.2) is 0 Å². The van der Waals surface area contributed by atoms with Crippen molar-refractivity contribution in [1.82, 2.24) is 0 Å². The number of benzene rings is 2. The SMILES string of the molecule is C[C@@H]1C(=C=C(c2ccc(Cl)cc2)c2ccc(Cl)cc2)[C@@H]1C. The van der Waals surface area contributed by atoms with Crippen LogP contribution in [-0.2, 0) is 0 Å². The summed E-state index contributed by atoms with van der Waals surface area (Å²) in [4.78, 5) is 0. The summed E-state index contributed by atoms with van der Waals surface area (Å²) < 4.78 is 0. The van der Waals surface area contributed by atoms with Gasteiger partial charge in [-0.25, -0.2) is 0 Å². The van der Waals surface area contributed by atoms with Crippen molar-refractivity contribution in [3.63, 3.8) is 0 Å². The van der Waals surface area contributed by atoms with E-state index in [2.05, 4.69) is 19.6 Å². The molecule has 0 N–H and O–H groups in total. The molecule has 0 saturated heterocycles. The van der Waals surface area contributed by atoms with Crippen molar-refractivity contribution in [3.8, 4) is 0 Å². The molecule has 2 heteroatoms. The van der Waals surface area contributed by atoms with Crippen molar-refractivity contribution >= 4 is 28.8 Å². The highest BCUT2D eigenvalue weighted by Crippen LogP contribution is 2.44. The Morgan fingerprint density at radius 3 is 1.48 bits per heavy atom. The van der Waals surface area contributed by atoms with Gasteiger partial charge in [-0.05, 0) is 52.8 Å². The minimum absolute atomic E-state index is 0.625. The maximum atomic E-state index is 6.00. The molecule has 0 radical (unpaired) electrons. The number of rotatable bonds is 2. The van der Waals surface area contributed by atoms with Gasteiger partial charge in [-0.15, -0.1) is 5.73 Å². The number of halogens is 2. The molecule has 1 fully saturated rings. The Hall–Kier alpha value is -1.46. The van der Waals surface area contributed by atoms with Crippen molar-refractivity contribution in [3.05, 3.63) is 81.0 Å². The fraction of sp³-hybridized carbons (Fsp3) is 0.211. The third-order valence-corrected chi connectivity index (χ3v) is 4.66. The molecule has 1 aliphatic carbocycles. The molecule has 0 unspecified atom stereocenters. The summed E-state index contributed by atoms with van der Waals surface area (Å²) in [7, 11) is 0. The largest absolute Gasteiger partial charge is 0.112 e. The van der Waals surface area contributed by atoms with E-state index in [0.717, 1.165) is 26.7 Å². The first-order valence-corrected chi connectivity index (χ1v) is 7.84. The first-order chi connectivity index (χ1) is 10.1. The monoisotopic (exact) mass is 314 g/mol. The molecule has 0 nitrogen and oxygen atoms in total. The standard InChI is InChI=1S/C19H16Cl2/c1-12-13(2)18(12)11-19(14-3-7-16(20)8-4-14)15-5-9-17(21)10-6-15/h3-10,12-13H,1-2H3/t12-,13+. The molecule has 2 aromatic rings. The Bertz CT molecular complexity index is 660. The quantitative estimate of drug-likeness (QED) is 0.576. The van der Waals surface area contributed by atoms with Crippen molar-refractivity contribution in [2.45, 2.75) is 13.8 Å². The van der Waals surface area contributed by atoms with Crippen LogP contribution in [0, 0.1) is 11.8 Å². The molecular formula is C19H16Cl2. The van der Waals surface area contributed by atoms with Gasteiger partial charge in [0.15, 0.2) is 0 Å². The van der Waals surface area contributed by atoms with E-state index < -0.39 is 0 Å². The molecule has 2 aromatic carbocycles. The highest BCUT2D eigenvalue weighted by molar-refractivity contribution is 6.31. The fourth-order valence-corrected chi connectivity index (χ4v) is 2.74. The molecule has 0 spiro atoms. The van der Waals surface area contributed by atoms with E-state index >= 15 is 0 Å². The van der Waals surface area contributed by atoms with Crippen LogP contribution in [0.15, 0.2) is 59.8 Å². The molecule has 1 aliphatic rings. The summed E-state index contributed by atoms with van der Waals surface area (Å²) in [5.41, 5.74) is 8.35. The molecule has 2 atom stereocenters. The van der Waals surface area contributed by atoms with E-state index in [1.165, 1.54) is 5.57 Å². The minimum atomic E-state index is 0.625. The Morgan fingerprint density at radius 2 is 1.14 bits per heavy atom. The second-order valence-corrected chi connectivity index (χ2v) is 6.42. The summed E-state index contributed by atoms with van der Waals surface area (Å²) in [6.07, 6.45) is 0.